The monoisotopic (exact) mass is 225 g/mol. The van der Waals surface area contributed by atoms with Crippen LogP contribution < -0.4 is 5.32 Å². The molecule has 0 radical (unpaired) electrons. The third-order valence-electron chi connectivity index (χ3n) is 2.61. The van der Waals surface area contributed by atoms with Gasteiger partial charge in [0.1, 0.15) is 0 Å². The third kappa shape index (κ3) is 2.53. The molecule has 0 aliphatic heterocycles. The van der Waals surface area contributed by atoms with Crippen molar-refractivity contribution in [2.24, 2.45) is 0 Å². The van der Waals surface area contributed by atoms with Gasteiger partial charge < -0.3 is 5.32 Å². The van der Waals surface area contributed by atoms with Gasteiger partial charge in [-0.05, 0) is 17.7 Å². The van der Waals surface area contributed by atoms with Gasteiger partial charge in [0.15, 0.2) is 5.78 Å². The highest BCUT2D eigenvalue weighted by Gasteiger charge is 2.05. The third-order valence-corrected chi connectivity index (χ3v) is 2.61. The van der Waals surface area contributed by atoms with Crippen molar-refractivity contribution in [3.05, 3.63) is 60.3 Å². The number of carbonyl (C=O) groups is 1. The molecule has 0 bridgehead atoms. The van der Waals surface area contributed by atoms with E-state index in [1.807, 2.05) is 49.4 Å². The van der Waals surface area contributed by atoms with E-state index in [-0.39, 0.29) is 5.78 Å². The molecule has 0 amide bonds. The highest BCUT2D eigenvalue weighted by molar-refractivity contribution is 6.13. The van der Waals surface area contributed by atoms with Gasteiger partial charge in [-0.25, -0.2) is 0 Å². The first kappa shape index (κ1) is 11.4. The highest BCUT2D eigenvalue weighted by atomic mass is 16.1. The van der Waals surface area contributed by atoms with Gasteiger partial charge in [0.05, 0.1) is 0 Å². The van der Waals surface area contributed by atoms with E-state index < -0.39 is 0 Å². The van der Waals surface area contributed by atoms with Gasteiger partial charge in [-0.15, -0.1) is 0 Å². The maximum Gasteiger partial charge on any atom is 0.187 e. The lowest BCUT2D eigenvalue weighted by Crippen LogP contribution is -2.04. The normalized spacial score (nSPS) is 10.9. The zero-order valence-corrected chi connectivity index (χ0v) is 9.81. The molecular weight excluding hydrogens is 210 g/mol. The van der Waals surface area contributed by atoms with Crippen LogP contribution in [0.5, 0.6) is 0 Å². The van der Waals surface area contributed by atoms with Gasteiger partial charge in [0.25, 0.3) is 0 Å². The first-order valence-corrected chi connectivity index (χ1v) is 5.75. The molecule has 0 aliphatic rings. The Hall–Kier alpha value is -2.09. The van der Waals surface area contributed by atoms with Crippen LogP contribution in [0, 0.1) is 0 Å². The molecule has 17 heavy (non-hydrogen) atoms. The van der Waals surface area contributed by atoms with Crippen LogP contribution in [0.15, 0.2) is 54.7 Å². The van der Waals surface area contributed by atoms with Crippen LogP contribution in [0.2, 0.25) is 0 Å². The largest absolute Gasteiger partial charge is 0.391 e. The van der Waals surface area contributed by atoms with Crippen LogP contribution in [-0.2, 0) is 0 Å². The average Bonchev–Trinajstić information content (AvgIpc) is 2.38. The summed E-state index contributed by atoms with van der Waals surface area (Å²) in [5.41, 5.74) is 0.747. The molecule has 1 N–H and O–H groups in total. The summed E-state index contributed by atoms with van der Waals surface area (Å²) in [7, 11) is 0. The standard InChI is InChI=1S/C15H15NO/c1-2-16-11-10-15(17)14-9-5-7-12-6-3-4-8-13(12)14/h3-11,16H,2H2,1H3/b11-10-. The van der Waals surface area contributed by atoms with Crippen molar-refractivity contribution >= 4 is 16.6 Å². The number of ketones is 1. The molecule has 0 saturated carbocycles. The Morgan fingerprint density at radius 1 is 1.18 bits per heavy atom. The second-order valence-electron chi connectivity index (χ2n) is 3.78. The molecule has 2 rings (SSSR count). The summed E-state index contributed by atoms with van der Waals surface area (Å²) in [6.45, 7) is 2.81. The highest BCUT2D eigenvalue weighted by Crippen LogP contribution is 2.18. The van der Waals surface area contributed by atoms with Crippen molar-refractivity contribution in [1.29, 1.82) is 0 Å². The molecule has 0 spiro atoms. The van der Waals surface area contributed by atoms with Gasteiger partial charge in [-0.2, -0.15) is 0 Å². The summed E-state index contributed by atoms with van der Waals surface area (Å²) < 4.78 is 0. The Morgan fingerprint density at radius 3 is 2.76 bits per heavy atom. The van der Waals surface area contributed by atoms with Gasteiger partial charge in [0.2, 0.25) is 0 Å². The lowest BCUT2D eigenvalue weighted by molar-refractivity contribution is 0.104. The van der Waals surface area contributed by atoms with Crippen LogP contribution in [0.4, 0.5) is 0 Å². The number of hydrogen-bond acceptors (Lipinski definition) is 2. The Kier molecular flexibility index (Phi) is 3.55. The minimum atomic E-state index is 0.0303. The van der Waals surface area contributed by atoms with Crippen LogP contribution in [-0.4, -0.2) is 12.3 Å². The summed E-state index contributed by atoms with van der Waals surface area (Å²) in [6, 6.07) is 13.7. The first-order chi connectivity index (χ1) is 8.33. The molecule has 0 aromatic heterocycles. The predicted molar refractivity (Wildman–Crippen MR) is 71.1 cm³/mol. The molecule has 0 fully saturated rings. The molecule has 2 heteroatoms. The van der Waals surface area contributed by atoms with Gasteiger partial charge >= 0.3 is 0 Å². The summed E-state index contributed by atoms with van der Waals surface area (Å²) in [6.07, 6.45) is 3.27. The Labute approximate surface area is 101 Å². The van der Waals surface area contributed by atoms with Crippen molar-refractivity contribution in [3.8, 4) is 0 Å². The van der Waals surface area contributed by atoms with E-state index in [0.29, 0.717) is 0 Å². The number of carbonyl (C=O) groups excluding carboxylic acids is 1. The van der Waals surface area contributed by atoms with Crippen LogP contribution in [0.3, 0.4) is 0 Å². The first-order valence-electron chi connectivity index (χ1n) is 5.75. The average molecular weight is 225 g/mol. The lowest BCUT2D eigenvalue weighted by Gasteiger charge is -2.02. The van der Waals surface area contributed by atoms with E-state index in [0.717, 1.165) is 22.9 Å². The Morgan fingerprint density at radius 2 is 1.94 bits per heavy atom. The van der Waals surface area contributed by atoms with Crippen molar-refractivity contribution in [2.45, 2.75) is 6.92 Å². The number of allylic oxidation sites excluding steroid dienone is 1. The minimum Gasteiger partial charge on any atom is -0.391 e. The molecule has 2 aromatic rings. The minimum absolute atomic E-state index is 0.0303. The van der Waals surface area contributed by atoms with Gasteiger partial charge in [-0.1, -0.05) is 42.5 Å². The summed E-state index contributed by atoms with van der Waals surface area (Å²) in [4.78, 5) is 12.0. The zero-order valence-electron chi connectivity index (χ0n) is 9.81. The molecule has 2 aromatic carbocycles. The van der Waals surface area contributed by atoms with Crippen LogP contribution in [0.25, 0.3) is 10.8 Å². The van der Waals surface area contributed by atoms with E-state index in [1.165, 1.54) is 0 Å². The summed E-state index contributed by atoms with van der Waals surface area (Å²) in [5.74, 6) is 0.0303. The second kappa shape index (κ2) is 5.30. The Balaban J connectivity index is 2.38. The molecule has 2 nitrogen and oxygen atoms in total. The molecule has 86 valence electrons. The summed E-state index contributed by atoms with van der Waals surface area (Å²) >= 11 is 0. The fourth-order valence-corrected chi connectivity index (χ4v) is 1.78. The SMILES string of the molecule is CCN/C=C\C(=O)c1cccc2ccccc12. The maximum atomic E-state index is 12.0. The van der Waals surface area contributed by atoms with E-state index in [9.17, 15) is 4.79 Å². The zero-order chi connectivity index (χ0) is 12.1. The van der Waals surface area contributed by atoms with Crippen molar-refractivity contribution < 1.29 is 4.79 Å². The van der Waals surface area contributed by atoms with E-state index in [1.54, 1.807) is 12.3 Å². The molecule has 0 aliphatic carbocycles. The van der Waals surface area contributed by atoms with Crippen LogP contribution >= 0.6 is 0 Å². The quantitative estimate of drug-likeness (QED) is 0.639. The van der Waals surface area contributed by atoms with Crippen molar-refractivity contribution in [1.82, 2.24) is 5.32 Å². The van der Waals surface area contributed by atoms with Gasteiger partial charge in [0, 0.05) is 24.4 Å². The fraction of sp³-hybridized carbons (Fsp3) is 0.133. The summed E-state index contributed by atoms with van der Waals surface area (Å²) in [5, 5.41) is 5.09. The molecule has 0 heterocycles. The van der Waals surface area contributed by atoms with E-state index >= 15 is 0 Å². The fourth-order valence-electron chi connectivity index (χ4n) is 1.78. The second-order valence-corrected chi connectivity index (χ2v) is 3.78. The number of hydrogen-bond donors (Lipinski definition) is 1. The molecule has 0 atom stereocenters. The smallest absolute Gasteiger partial charge is 0.187 e. The number of fused-ring (bicyclic) bond motifs is 1. The van der Waals surface area contributed by atoms with Gasteiger partial charge in [-0.3, -0.25) is 4.79 Å². The predicted octanol–water partition coefficient (Wildman–Crippen LogP) is 3.15. The molecule has 0 unspecified atom stereocenters. The maximum absolute atomic E-state index is 12.0. The Bertz CT molecular complexity index is 552. The lowest BCUT2D eigenvalue weighted by atomic mass is 10.0. The van der Waals surface area contributed by atoms with Crippen molar-refractivity contribution in [3.63, 3.8) is 0 Å². The van der Waals surface area contributed by atoms with E-state index in [4.69, 9.17) is 0 Å². The topological polar surface area (TPSA) is 29.1 Å². The number of benzene rings is 2. The van der Waals surface area contributed by atoms with E-state index in [2.05, 4.69) is 5.32 Å². The van der Waals surface area contributed by atoms with Crippen LogP contribution in [0.1, 0.15) is 17.3 Å². The molecule has 0 saturated heterocycles. The number of rotatable bonds is 4. The molecular formula is C15H15NO. The van der Waals surface area contributed by atoms with Crippen molar-refractivity contribution in [2.75, 3.05) is 6.54 Å². The number of nitrogens with one attached hydrogen (secondary N) is 1.